The third kappa shape index (κ3) is 4.04. The molecule has 1 aromatic heterocycles. The number of nitrogens with zero attached hydrogens (tertiary/aromatic N) is 2. The van der Waals surface area contributed by atoms with E-state index in [1.807, 2.05) is 41.8 Å². The van der Waals surface area contributed by atoms with Gasteiger partial charge in [0.15, 0.2) is 5.13 Å². The van der Waals surface area contributed by atoms with Gasteiger partial charge in [-0.1, -0.05) is 48.5 Å². The normalized spacial score (nSPS) is 16.0. The summed E-state index contributed by atoms with van der Waals surface area (Å²) in [5.74, 6) is 0.224. The van der Waals surface area contributed by atoms with Crippen LogP contribution in [-0.2, 0) is 4.79 Å². The van der Waals surface area contributed by atoms with Crippen LogP contribution < -0.4 is 10.1 Å². The number of likely N-dealkylation sites (tertiary alicyclic amines) is 1. The van der Waals surface area contributed by atoms with Gasteiger partial charge in [0.05, 0.1) is 5.69 Å². The first-order valence-electron chi connectivity index (χ1n) is 9.06. The van der Waals surface area contributed by atoms with Gasteiger partial charge in [-0.2, -0.15) is 0 Å². The van der Waals surface area contributed by atoms with Crippen LogP contribution in [0.3, 0.4) is 0 Å². The highest BCUT2D eigenvalue weighted by Gasteiger charge is 2.35. The number of rotatable bonds is 4. The lowest BCUT2D eigenvalue weighted by atomic mass is 10.2. The molecule has 142 valence electrons. The number of hydrogen-bond donors (Lipinski definition) is 1. The molecule has 0 unspecified atom stereocenters. The molecule has 1 saturated heterocycles. The summed E-state index contributed by atoms with van der Waals surface area (Å²) in [6.45, 7) is 0.497. The molecule has 6 nitrogen and oxygen atoms in total. The minimum absolute atomic E-state index is 0.239. The van der Waals surface area contributed by atoms with Crippen LogP contribution in [0.4, 0.5) is 9.93 Å². The molecule has 4 rings (SSSR count). The summed E-state index contributed by atoms with van der Waals surface area (Å²) in [7, 11) is 0. The minimum atomic E-state index is -0.555. The van der Waals surface area contributed by atoms with Gasteiger partial charge in [0, 0.05) is 17.5 Å². The first kappa shape index (κ1) is 18.2. The van der Waals surface area contributed by atoms with Gasteiger partial charge in [0.2, 0.25) is 5.91 Å². The van der Waals surface area contributed by atoms with Gasteiger partial charge in [0.1, 0.15) is 11.8 Å². The first-order chi connectivity index (χ1) is 13.7. The van der Waals surface area contributed by atoms with Gasteiger partial charge in [-0.25, -0.2) is 9.78 Å². The molecule has 1 aliphatic rings. The van der Waals surface area contributed by atoms with Crippen molar-refractivity contribution in [2.24, 2.45) is 0 Å². The Balaban J connectivity index is 1.41. The molecule has 0 saturated carbocycles. The predicted octanol–water partition coefficient (Wildman–Crippen LogP) is 4.41. The first-order valence-corrected chi connectivity index (χ1v) is 9.94. The van der Waals surface area contributed by atoms with E-state index in [0.717, 1.165) is 17.7 Å². The number of thiazole rings is 1. The Morgan fingerprint density at radius 2 is 1.79 bits per heavy atom. The molecule has 0 spiro atoms. The van der Waals surface area contributed by atoms with E-state index in [2.05, 4.69) is 10.3 Å². The molecule has 0 aliphatic carbocycles. The van der Waals surface area contributed by atoms with E-state index < -0.39 is 12.1 Å². The van der Waals surface area contributed by atoms with E-state index in [-0.39, 0.29) is 5.91 Å². The highest BCUT2D eigenvalue weighted by Crippen LogP contribution is 2.26. The van der Waals surface area contributed by atoms with Crippen LogP contribution >= 0.6 is 11.3 Å². The van der Waals surface area contributed by atoms with Gasteiger partial charge >= 0.3 is 6.09 Å². The third-order valence-electron chi connectivity index (χ3n) is 4.54. The summed E-state index contributed by atoms with van der Waals surface area (Å²) in [5.41, 5.74) is 1.81. The lowest BCUT2D eigenvalue weighted by Crippen LogP contribution is -2.44. The number of aromatic nitrogens is 1. The summed E-state index contributed by atoms with van der Waals surface area (Å²) in [4.78, 5) is 31.2. The number of para-hydroxylation sites is 1. The van der Waals surface area contributed by atoms with E-state index in [0.29, 0.717) is 23.8 Å². The van der Waals surface area contributed by atoms with Crippen LogP contribution in [0.15, 0.2) is 66.0 Å². The molecule has 1 aliphatic heterocycles. The van der Waals surface area contributed by atoms with Gasteiger partial charge in [0.25, 0.3) is 0 Å². The average molecular weight is 393 g/mol. The minimum Gasteiger partial charge on any atom is -0.410 e. The van der Waals surface area contributed by atoms with Gasteiger partial charge in [-0.15, -0.1) is 11.3 Å². The van der Waals surface area contributed by atoms with Crippen LogP contribution in [0.1, 0.15) is 12.8 Å². The van der Waals surface area contributed by atoms with Crippen molar-refractivity contribution in [3.8, 4) is 17.0 Å². The predicted molar refractivity (Wildman–Crippen MR) is 108 cm³/mol. The fourth-order valence-electron chi connectivity index (χ4n) is 3.17. The van der Waals surface area contributed by atoms with E-state index >= 15 is 0 Å². The number of benzene rings is 2. The molecule has 0 bridgehead atoms. The smallest absolute Gasteiger partial charge is 0.410 e. The Hall–Kier alpha value is -3.19. The second-order valence-corrected chi connectivity index (χ2v) is 7.28. The van der Waals surface area contributed by atoms with Crippen LogP contribution in [0.5, 0.6) is 5.75 Å². The summed E-state index contributed by atoms with van der Waals surface area (Å²) in [6.07, 6.45) is 0.856. The lowest BCUT2D eigenvalue weighted by molar-refractivity contribution is -0.119. The third-order valence-corrected chi connectivity index (χ3v) is 5.30. The largest absolute Gasteiger partial charge is 0.415 e. The molecule has 7 heteroatoms. The van der Waals surface area contributed by atoms with Gasteiger partial charge in [-0.3, -0.25) is 9.69 Å². The number of ether oxygens (including phenoxy) is 1. The molecule has 2 aromatic carbocycles. The van der Waals surface area contributed by atoms with Crippen LogP contribution in [0.2, 0.25) is 0 Å². The van der Waals surface area contributed by atoms with Crippen molar-refractivity contribution in [2.75, 3.05) is 11.9 Å². The van der Waals surface area contributed by atoms with Crippen LogP contribution in [0, 0.1) is 0 Å². The van der Waals surface area contributed by atoms with Crippen molar-refractivity contribution >= 4 is 28.5 Å². The van der Waals surface area contributed by atoms with E-state index in [1.54, 1.807) is 24.3 Å². The van der Waals surface area contributed by atoms with Crippen molar-refractivity contribution in [3.63, 3.8) is 0 Å². The fourth-order valence-corrected chi connectivity index (χ4v) is 3.89. The van der Waals surface area contributed by atoms with Crippen molar-refractivity contribution in [3.05, 3.63) is 66.0 Å². The van der Waals surface area contributed by atoms with Crippen LogP contribution in [0.25, 0.3) is 11.3 Å². The molecular formula is C21H19N3O3S. The molecular weight excluding hydrogens is 374 g/mol. The number of hydrogen-bond acceptors (Lipinski definition) is 5. The highest BCUT2D eigenvalue weighted by atomic mass is 32.1. The molecule has 2 amide bonds. The lowest BCUT2D eigenvalue weighted by Gasteiger charge is -2.22. The quantitative estimate of drug-likeness (QED) is 0.713. The number of nitrogens with one attached hydrogen (secondary N) is 1. The highest BCUT2D eigenvalue weighted by molar-refractivity contribution is 7.14. The standard InChI is InChI=1S/C21H19N3O3S/c25-19(23-20-22-17(14-28-20)15-8-3-1-4-9-15)18-12-7-13-24(18)21(26)27-16-10-5-2-6-11-16/h1-6,8-11,14,18H,7,12-13H2,(H,22,23,25)/t18-/m1/s1. The van der Waals surface area contributed by atoms with Crippen molar-refractivity contribution in [2.45, 2.75) is 18.9 Å². The van der Waals surface area contributed by atoms with Crippen molar-refractivity contribution < 1.29 is 14.3 Å². The Morgan fingerprint density at radius 3 is 2.54 bits per heavy atom. The Kier molecular flexibility index (Phi) is 5.34. The number of carbonyl (C=O) groups excluding carboxylic acids is 2. The molecule has 1 atom stereocenters. The van der Waals surface area contributed by atoms with Crippen LogP contribution in [-0.4, -0.2) is 34.5 Å². The number of anilines is 1. The summed E-state index contributed by atoms with van der Waals surface area (Å²) in [6, 6.07) is 18.1. The monoisotopic (exact) mass is 393 g/mol. The molecule has 0 radical (unpaired) electrons. The van der Waals surface area contributed by atoms with E-state index in [4.69, 9.17) is 4.74 Å². The fraction of sp³-hybridized carbons (Fsp3) is 0.190. The Morgan fingerprint density at radius 1 is 1.07 bits per heavy atom. The maximum absolute atomic E-state index is 12.7. The summed E-state index contributed by atoms with van der Waals surface area (Å²) in [5, 5.41) is 5.27. The zero-order chi connectivity index (χ0) is 19.3. The van der Waals surface area contributed by atoms with E-state index in [9.17, 15) is 9.59 Å². The van der Waals surface area contributed by atoms with Gasteiger partial charge < -0.3 is 10.1 Å². The SMILES string of the molecule is O=C(Nc1nc(-c2ccccc2)cs1)[C@H]1CCCN1C(=O)Oc1ccccc1. The Bertz CT molecular complexity index is 959. The maximum Gasteiger partial charge on any atom is 0.415 e. The average Bonchev–Trinajstić information content (AvgIpc) is 3.39. The summed E-state index contributed by atoms with van der Waals surface area (Å²) < 4.78 is 5.38. The molecule has 1 fully saturated rings. The number of carbonyl (C=O) groups is 2. The topological polar surface area (TPSA) is 71.5 Å². The maximum atomic E-state index is 12.7. The zero-order valence-corrected chi connectivity index (χ0v) is 15.9. The molecule has 2 heterocycles. The molecule has 3 aromatic rings. The number of amides is 2. The summed E-state index contributed by atoms with van der Waals surface area (Å²) >= 11 is 1.37. The van der Waals surface area contributed by atoms with Gasteiger partial charge in [-0.05, 0) is 25.0 Å². The van der Waals surface area contributed by atoms with Crippen molar-refractivity contribution in [1.29, 1.82) is 0 Å². The second-order valence-electron chi connectivity index (χ2n) is 6.43. The van der Waals surface area contributed by atoms with E-state index in [1.165, 1.54) is 16.2 Å². The van der Waals surface area contributed by atoms with Crippen molar-refractivity contribution in [1.82, 2.24) is 9.88 Å². The Labute approximate surface area is 166 Å². The molecule has 1 N–H and O–H groups in total. The second kappa shape index (κ2) is 8.22. The zero-order valence-electron chi connectivity index (χ0n) is 15.1. The molecule has 28 heavy (non-hydrogen) atoms.